The summed E-state index contributed by atoms with van der Waals surface area (Å²) in [6, 6.07) is 15.7. The molecule has 2 rings (SSSR count). The van der Waals surface area contributed by atoms with Crippen molar-refractivity contribution in [2.45, 2.75) is 33.7 Å². The van der Waals surface area contributed by atoms with Crippen LogP contribution in [0.25, 0.3) is 0 Å². The first-order valence-electron chi connectivity index (χ1n) is 9.11. The highest BCUT2D eigenvalue weighted by atomic mass is 127. The fourth-order valence-electron chi connectivity index (χ4n) is 2.68. The number of hydrogen-bond acceptors (Lipinski definition) is 2. The lowest BCUT2D eigenvalue weighted by Gasteiger charge is -2.18. The number of halogens is 1. The van der Waals surface area contributed by atoms with Gasteiger partial charge < -0.3 is 16.0 Å². The van der Waals surface area contributed by atoms with Gasteiger partial charge in [0.15, 0.2) is 5.96 Å². The van der Waals surface area contributed by atoms with Gasteiger partial charge in [-0.25, -0.2) is 4.99 Å². The molecule has 0 aliphatic heterocycles. The molecular weight excluding hydrogens is 451 g/mol. The van der Waals surface area contributed by atoms with Crippen molar-refractivity contribution in [1.82, 2.24) is 4.90 Å². The Morgan fingerprint density at radius 2 is 1.70 bits per heavy atom. The van der Waals surface area contributed by atoms with Crippen LogP contribution in [0.2, 0.25) is 0 Å². The Bertz CT molecular complexity index is 755. The standard InChI is InChI=1S/C21H28N4O.HI/c1-4-16-8-7-9-19(14-16)24-21(22)23-15-17-10-12-18(13-11-17)20(26)25(5-2)6-3;/h7-14H,4-6,15H2,1-3H3,(H3,22,23,24);1H. The number of amides is 1. The largest absolute Gasteiger partial charge is 0.370 e. The molecule has 3 N–H and O–H groups in total. The summed E-state index contributed by atoms with van der Waals surface area (Å²) >= 11 is 0. The molecule has 0 atom stereocenters. The van der Waals surface area contributed by atoms with Crippen molar-refractivity contribution < 1.29 is 4.79 Å². The first-order valence-corrected chi connectivity index (χ1v) is 9.11. The molecule has 0 fully saturated rings. The van der Waals surface area contributed by atoms with Gasteiger partial charge in [-0.3, -0.25) is 4.79 Å². The third kappa shape index (κ3) is 6.86. The van der Waals surface area contributed by atoms with Crippen LogP contribution in [0, 0.1) is 0 Å². The molecule has 0 unspecified atom stereocenters. The highest BCUT2D eigenvalue weighted by molar-refractivity contribution is 14.0. The number of rotatable bonds is 7. The van der Waals surface area contributed by atoms with Crippen molar-refractivity contribution in [1.29, 1.82) is 0 Å². The molecule has 0 radical (unpaired) electrons. The quantitative estimate of drug-likeness (QED) is 0.353. The molecule has 2 aromatic carbocycles. The van der Waals surface area contributed by atoms with Crippen LogP contribution in [-0.4, -0.2) is 29.9 Å². The maximum Gasteiger partial charge on any atom is 0.253 e. The highest BCUT2D eigenvalue weighted by Gasteiger charge is 2.11. The van der Waals surface area contributed by atoms with E-state index in [1.165, 1.54) is 5.56 Å². The van der Waals surface area contributed by atoms with Crippen molar-refractivity contribution >= 4 is 41.5 Å². The zero-order valence-electron chi connectivity index (χ0n) is 16.2. The molecule has 146 valence electrons. The smallest absolute Gasteiger partial charge is 0.253 e. The first-order chi connectivity index (χ1) is 12.6. The van der Waals surface area contributed by atoms with Crippen LogP contribution < -0.4 is 11.1 Å². The SMILES string of the molecule is CCc1cccc(NC(N)=NCc2ccc(C(=O)N(CC)CC)cc2)c1.I. The van der Waals surface area contributed by atoms with Crippen LogP contribution in [-0.2, 0) is 13.0 Å². The van der Waals surface area contributed by atoms with E-state index >= 15 is 0 Å². The van der Waals surface area contributed by atoms with E-state index < -0.39 is 0 Å². The normalized spacial score (nSPS) is 10.9. The Labute approximate surface area is 179 Å². The Kier molecular flexibility index (Phi) is 9.85. The Hall–Kier alpha value is -2.09. The van der Waals surface area contributed by atoms with E-state index in [1.54, 1.807) is 4.90 Å². The number of guanidine groups is 1. The van der Waals surface area contributed by atoms with Gasteiger partial charge in [0.25, 0.3) is 5.91 Å². The minimum Gasteiger partial charge on any atom is -0.370 e. The van der Waals surface area contributed by atoms with E-state index in [0.717, 1.165) is 17.7 Å². The first kappa shape index (κ1) is 23.0. The minimum atomic E-state index is 0. The van der Waals surface area contributed by atoms with Crippen LogP contribution in [0.1, 0.15) is 42.3 Å². The van der Waals surface area contributed by atoms with E-state index in [4.69, 9.17) is 5.73 Å². The number of carbonyl (C=O) groups excluding carboxylic acids is 1. The average Bonchev–Trinajstić information content (AvgIpc) is 2.67. The van der Waals surface area contributed by atoms with Crippen LogP contribution in [0.4, 0.5) is 5.69 Å². The molecule has 0 aromatic heterocycles. The van der Waals surface area contributed by atoms with Gasteiger partial charge in [-0.1, -0.05) is 31.2 Å². The lowest BCUT2D eigenvalue weighted by Crippen LogP contribution is -2.30. The molecule has 0 spiro atoms. The van der Waals surface area contributed by atoms with Crippen molar-refractivity contribution in [2.75, 3.05) is 18.4 Å². The molecule has 0 aliphatic rings. The van der Waals surface area contributed by atoms with Gasteiger partial charge in [0.05, 0.1) is 6.54 Å². The predicted molar refractivity (Wildman–Crippen MR) is 124 cm³/mol. The average molecular weight is 480 g/mol. The number of aliphatic imine (C=N–C) groups is 1. The fourth-order valence-corrected chi connectivity index (χ4v) is 2.68. The fraction of sp³-hybridized carbons (Fsp3) is 0.333. The molecule has 6 heteroatoms. The Morgan fingerprint density at radius 3 is 2.30 bits per heavy atom. The van der Waals surface area contributed by atoms with Crippen molar-refractivity contribution in [3.63, 3.8) is 0 Å². The molecule has 0 saturated heterocycles. The van der Waals surface area contributed by atoms with Gasteiger partial charge in [0.2, 0.25) is 0 Å². The summed E-state index contributed by atoms with van der Waals surface area (Å²) in [6.45, 7) is 7.97. The number of nitrogens with zero attached hydrogens (tertiary/aromatic N) is 2. The van der Waals surface area contributed by atoms with Gasteiger partial charge in [-0.15, -0.1) is 24.0 Å². The monoisotopic (exact) mass is 480 g/mol. The summed E-state index contributed by atoms with van der Waals surface area (Å²) in [5, 5.41) is 3.11. The van der Waals surface area contributed by atoms with Gasteiger partial charge >= 0.3 is 0 Å². The number of carbonyl (C=O) groups is 1. The zero-order valence-corrected chi connectivity index (χ0v) is 18.6. The molecule has 27 heavy (non-hydrogen) atoms. The van der Waals surface area contributed by atoms with Crippen molar-refractivity contribution in [3.8, 4) is 0 Å². The Balaban J connectivity index is 0.00000364. The van der Waals surface area contributed by atoms with Gasteiger partial charge in [0, 0.05) is 24.3 Å². The topological polar surface area (TPSA) is 70.7 Å². The number of anilines is 1. The van der Waals surface area contributed by atoms with Crippen molar-refractivity contribution in [3.05, 3.63) is 65.2 Å². The second-order valence-corrected chi connectivity index (χ2v) is 6.05. The lowest BCUT2D eigenvalue weighted by atomic mass is 10.1. The molecule has 0 aliphatic carbocycles. The molecule has 5 nitrogen and oxygen atoms in total. The number of nitrogens with two attached hydrogens (primary N) is 1. The van der Waals surface area contributed by atoms with E-state index in [0.29, 0.717) is 31.2 Å². The number of nitrogens with one attached hydrogen (secondary N) is 1. The van der Waals surface area contributed by atoms with E-state index in [2.05, 4.69) is 29.4 Å². The zero-order chi connectivity index (χ0) is 18.9. The minimum absolute atomic E-state index is 0. The molecule has 0 bridgehead atoms. The summed E-state index contributed by atoms with van der Waals surface area (Å²) in [6.07, 6.45) is 0.977. The van der Waals surface area contributed by atoms with Crippen LogP contribution in [0.5, 0.6) is 0 Å². The second kappa shape index (κ2) is 11.6. The predicted octanol–water partition coefficient (Wildman–Crippen LogP) is 4.28. The summed E-state index contributed by atoms with van der Waals surface area (Å²) in [7, 11) is 0. The number of benzene rings is 2. The summed E-state index contributed by atoms with van der Waals surface area (Å²) in [5.41, 5.74) is 9.87. The van der Waals surface area contributed by atoms with Crippen LogP contribution in [0.15, 0.2) is 53.5 Å². The van der Waals surface area contributed by atoms with Crippen LogP contribution in [0.3, 0.4) is 0 Å². The van der Waals surface area contributed by atoms with Gasteiger partial charge in [-0.05, 0) is 55.7 Å². The molecule has 1 amide bonds. The number of hydrogen-bond donors (Lipinski definition) is 2. The molecule has 2 aromatic rings. The Morgan fingerprint density at radius 1 is 1.04 bits per heavy atom. The van der Waals surface area contributed by atoms with Crippen molar-refractivity contribution in [2.24, 2.45) is 10.7 Å². The van der Waals surface area contributed by atoms with Crippen LogP contribution >= 0.6 is 24.0 Å². The lowest BCUT2D eigenvalue weighted by molar-refractivity contribution is 0.0773. The highest BCUT2D eigenvalue weighted by Crippen LogP contribution is 2.11. The summed E-state index contributed by atoms with van der Waals surface area (Å²) in [4.78, 5) is 18.5. The summed E-state index contributed by atoms with van der Waals surface area (Å²) in [5.74, 6) is 0.434. The summed E-state index contributed by atoms with van der Waals surface area (Å²) < 4.78 is 0. The van der Waals surface area contributed by atoms with E-state index in [-0.39, 0.29) is 29.9 Å². The molecule has 0 saturated carbocycles. The van der Waals surface area contributed by atoms with Gasteiger partial charge in [-0.2, -0.15) is 0 Å². The molecule has 0 heterocycles. The van der Waals surface area contributed by atoms with E-state index in [1.807, 2.05) is 50.2 Å². The maximum absolute atomic E-state index is 12.3. The number of aryl methyl sites for hydroxylation is 1. The second-order valence-electron chi connectivity index (χ2n) is 6.05. The third-order valence-corrected chi connectivity index (χ3v) is 4.29. The molecular formula is C21H29IN4O. The van der Waals surface area contributed by atoms with Gasteiger partial charge in [0.1, 0.15) is 0 Å². The maximum atomic E-state index is 12.3. The van der Waals surface area contributed by atoms with E-state index in [9.17, 15) is 4.79 Å². The third-order valence-electron chi connectivity index (χ3n) is 4.29.